The van der Waals surface area contributed by atoms with Crippen LogP contribution < -0.4 is 0 Å². The van der Waals surface area contributed by atoms with Crippen LogP contribution in [0.2, 0.25) is 5.02 Å². The molecule has 0 amide bonds. The summed E-state index contributed by atoms with van der Waals surface area (Å²) in [6.45, 7) is 8.94. The Labute approximate surface area is 124 Å². The molecule has 1 heterocycles. The second kappa shape index (κ2) is 6.39. The molecule has 3 nitrogen and oxygen atoms in total. The molecule has 20 heavy (non-hydrogen) atoms. The second-order valence-corrected chi connectivity index (χ2v) is 6.52. The largest absolute Gasteiger partial charge is 0.389 e. The van der Waals surface area contributed by atoms with Gasteiger partial charge < -0.3 is 5.11 Å². The van der Waals surface area contributed by atoms with Gasteiger partial charge in [0.25, 0.3) is 0 Å². The van der Waals surface area contributed by atoms with Crippen LogP contribution in [0.5, 0.6) is 0 Å². The van der Waals surface area contributed by atoms with Gasteiger partial charge in [0.05, 0.1) is 10.6 Å². The van der Waals surface area contributed by atoms with E-state index in [4.69, 9.17) is 11.6 Å². The van der Waals surface area contributed by atoms with Gasteiger partial charge in [0.15, 0.2) is 0 Å². The maximum atomic E-state index is 13.1. The molecule has 1 aromatic rings. The molecule has 1 aliphatic heterocycles. The smallest absolute Gasteiger partial charge is 0.141 e. The van der Waals surface area contributed by atoms with Crippen LogP contribution in [0.3, 0.4) is 0 Å². The third-order valence-electron chi connectivity index (χ3n) is 3.47. The van der Waals surface area contributed by atoms with Crippen molar-refractivity contribution in [3.63, 3.8) is 0 Å². The molecule has 112 valence electrons. The molecule has 0 saturated carbocycles. The van der Waals surface area contributed by atoms with E-state index in [0.717, 1.165) is 38.3 Å². The molecule has 5 heteroatoms. The van der Waals surface area contributed by atoms with E-state index in [1.165, 1.54) is 6.07 Å². The molecule has 0 atom stereocenters. The Morgan fingerprint density at radius 3 is 2.35 bits per heavy atom. The summed E-state index contributed by atoms with van der Waals surface area (Å²) in [6, 6.07) is 4.90. The number of rotatable bonds is 4. The van der Waals surface area contributed by atoms with Crippen LogP contribution in [0, 0.1) is 5.82 Å². The summed E-state index contributed by atoms with van der Waals surface area (Å²) < 4.78 is 13.1. The first-order chi connectivity index (χ1) is 9.33. The summed E-state index contributed by atoms with van der Waals surface area (Å²) in [7, 11) is 0. The van der Waals surface area contributed by atoms with Crippen LogP contribution in [-0.4, -0.2) is 53.2 Å². The Hall–Kier alpha value is -0.680. The van der Waals surface area contributed by atoms with E-state index in [0.29, 0.717) is 6.54 Å². The predicted molar refractivity (Wildman–Crippen MR) is 79.4 cm³/mol. The Morgan fingerprint density at radius 2 is 1.80 bits per heavy atom. The molecule has 0 aromatic heterocycles. The summed E-state index contributed by atoms with van der Waals surface area (Å²) in [6.07, 6.45) is 0. The van der Waals surface area contributed by atoms with Gasteiger partial charge >= 0.3 is 0 Å². The number of halogens is 2. The summed E-state index contributed by atoms with van der Waals surface area (Å²) in [4.78, 5) is 4.60. The highest BCUT2D eigenvalue weighted by molar-refractivity contribution is 6.30. The molecule has 0 unspecified atom stereocenters. The van der Waals surface area contributed by atoms with E-state index >= 15 is 0 Å². The van der Waals surface area contributed by atoms with Gasteiger partial charge in [0, 0.05) is 39.3 Å². The van der Waals surface area contributed by atoms with Crippen molar-refractivity contribution in [1.29, 1.82) is 0 Å². The third kappa shape index (κ3) is 4.70. The molecule has 1 aromatic carbocycles. The average Bonchev–Trinajstić information content (AvgIpc) is 2.35. The molecule has 1 aliphatic rings. The number of benzene rings is 1. The fourth-order valence-electron chi connectivity index (χ4n) is 2.55. The summed E-state index contributed by atoms with van der Waals surface area (Å²) in [5, 5.41) is 10.0. The normalized spacial score (nSPS) is 18.4. The number of nitrogens with zero attached hydrogens (tertiary/aromatic N) is 2. The zero-order chi connectivity index (χ0) is 14.8. The maximum absolute atomic E-state index is 13.1. The molecular weight excluding hydrogens is 279 g/mol. The lowest BCUT2D eigenvalue weighted by Gasteiger charge is -2.37. The van der Waals surface area contributed by atoms with Crippen molar-refractivity contribution in [3.8, 4) is 0 Å². The van der Waals surface area contributed by atoms with Crippen molar-refractivity contribution < 1.29 is 9.50 Å². The van der Waals surface area contributed by atoms with Gasteiger partial charge in [-0.3, -0.25) is 9.80 Å². The van der Waals surface area contributed by atoms with Gasteiger partial charge in [-0.2, -0.15) is 0 Å². The van der Waals surface area contributed by atoms with Gasteiger partial charge in [-0.1, -0.05) is 17.7 Å². The maximum Gasteiger partial charge on any atom is 0.141 e. The zero-order valence-corrected chi connectivity index (χ0v) is 12.8. The summed E-state index contributed by atoms with van der Waals surface area (Å²) in [5.41, 5.74) is 0.388. The van der Waals surface area contributed by atoms with E-state index < -0.39 is 5.60 Å². The molecule has 0 radical (unpaired) electrons. The van der Waals surface area contributed by atoms with Crippen molar-refractivity contribution in [3.05, 3.63) is 34.6 Å². The van der Waals surface area contributed by atoms with Crippen molar-refractivity contribution in [2.45, 2.75) is 26.0 Å². The highest BCUT2D eigenvalue weighted by Crippen LogP contribution is 2.18. The number of hydrogen-bond donors (Lipinski definition) is 1. The lowest BCUT2D eigenvalue weighted by molar-refractivity contribution is 0.0167. The molecule has 0 aliphatic carbocycles. The fourth-order valence-corrected chi connectivity index (χ4v) is 2.75. The molecule has 2 rings (SSSR count). The van der Waals surface area contributed by atoms with Crippen molar-refractivity contribution in [2.75, 3.05) is 32.7 Å². The first-order valence-electron chi connectivity index (χ1n) is 6.94. The van der Waals surface area contributed by atoms with Gasteiger partial charge in [-0.05, 0) is 31.5 Å². The quantitative estimate of drug-likeness (QED) is 0.925. The molecular formula is C15H22ClFN2O. The lowest BCUT2D eigenvalue weighted by atomic mass is 10.1. The summed E-state index contributed by atoms with van der Waals surface area (Å²) >= 11 is 5.80. The van der Waals surface area contributed by atoms with Crippen molar-refractivity contribution >= 4 is 11.6 Å². The van der Waals surface area contributed by atoms with Crippen LogP contribution in [0.1, 0.15) is 19.4 Å². The predicted octanol–water partition coefficient (Wildman–Crippen LogP) is 2.37. The van der Waals surface area contributed by atoms with Gasteiger partial charge in [0.2, 0.25) is 0 Å². The standard InChI is InChI=1S/C15H22ClFN2O/c1-15(2,20)11-19-7-5-18(6-8-19)10-12-3-4-14(17)13(16)9-12/h3-4,9,20H,5-8,10-11H2,1-2H3. The van der Waals surface area contributed by atoms with E-state index in [1.54, 1.807) is 12.1 Å². The number of β-amino-alcohol motifs (C(OH)–C–C–N with tert-alkyl or cyclic N) is 1. The molecule has 1 saturated heterocycles. The van der Waals surface area contributed by atoms with Crippen LogP contribution in [0.25, 0.3) is 0 Å². The van der Waals surface area contributed by atoms with Gasteiger partial charge in [-0.25, -0.2) is 4.39 Å². The van der Waals surface area contributed by atoms with E-state index in [9.17, 15) is 9.50 Å². The number of piperazine rings is 1. The first kappa shape index (κ1) is 15.7. The zero-order valence-electron chi connectivity index (χ0n) is 12.1. The van der Waals surface area contributed by atoms with Crippen LogP contribution in [0.4, 0.5) is 4.39 Å². The molecule has 1 N–H and O–H groups in total. The van der Waals surface area contributed by atoms with Gasteiger partial charge in [0.1, 0.15) is 5.82 Å². The minimum Gasteiger partial charge on any atom is -0.389 e. The van der Waals surface area contributed by atoms with Crippen LogP contribution in [0.15, 0.2) is 18.2 Å². The Kier molecular flexibility index (Phi) is 5.02. The van der Waals surface area contributed by atoms with Gasteiger partial charge in [-0.15, -0.1) is 0 Å². The lowest BCUT2D eigenvalue weighted by Crippen LogP contribution is -2.50. The fraction of sp³-hybridized carbons (Fsp3) is 0.600. The highest BCUT2D eigenvalue weighted by Gasteiger charge is 2.22. The van der Waals surface area contributed by atoms with Crippen molar-refractivity contribution in [1.82, 2.24) is 9.80 Å². The summed E-state index contributed by atoms with van der Waals surface area (Å²) in [5.74, 6) is -0.370. The SMILES string of the molecule is CC(C)(O)CN1CCN(Cc2ccc(F)c(Cl)c2)CC1. The topological polar surface area (TPSA) is 26.7 Å². The van der Waals surface area contributed by atoms with E-state index in [1.807, 2.05) is 13.8 Å². The highest BCUT2D eigenvalue weighted by atomic mass is 35.5. The number of hydrogen-bond acceptors (Lipinski definition) is 3. The second-order valence-electron chi connectivity index (χ2n) is 6.11. The molecule has 0 spiro atoms. The Morgan fingerprint density at radius 1 is 1.20 bits per heavy atom. The van der Waals surface area contributed by atoms with Crippen molar-refractivity contribution in [2.24, 2.45) is 0 Å². The number of aliphatic hydroxyl groups is 1. The minimum absolute atomic E-state index is 0.183. The average molecular weight is 301 g/mol. The van der Waals surface area contributed by atoms with E-state index in [-0.39, 0.29) is 10.8 Å². The molecule has 1 fully saturated rings. The van der Waals surface area contributed by atoms with Crippen LogP contribution >= 0.6 is 11.6 Å². The van der Waals surface area contributed by atoms with E-state index in [2.05, 4.69) is 9.80 Å². The third-order valence-corrected chi connectivity index (χ3v) is 3.76. The minimum atomic E-state index is -0.646. The Bertz CT molecular complexity index is 454. The molecule has 0 bridgehead atoms. The monoisotopic (exact) mass is 300 g/mol. The Balaban J connectivity index is 1.83. The van der Waals surface area contributed by atoms with Crippen LogP contribution in [-0.2, 0) is 6.54 Å². The first-order valence-corrected chi connectivity index (χ1v) is 7.32.